The molecule has 2 aromatic carbocycles. The van der Waals surface area contributed by atoms with Crippen molar-refractivity contribution in [1.29, 1.82) is 0 Å². The number of hydrogen-bond donors (Lipinski definition) is 0. The zero-order valence-electron chi connectivity index (χ0n) is 14.7. The van der Waals surface area contributed by atoms with Gasteiger partial charge in [-0.05, 0) is 51.0 Å². The minimum absolute atomic E-state index is 0.0752. The van der Waals surface area contributed by atoms with E-state index in [4.69, 9.17) is 0 Å². The summed E-state index contributed by atoms with van der Waals surface area (Å²) in [7, 11) is -5.60. The van der Waals surface area contributed by atoms with E-state index in [-0.39, 0.29) is 11.4 Å². The van der Waals surface area contributed by atoms with Crippen LogP contribution >= 0.6 is 0 Å². The fraction of sp³-hybridized carbons (Fsp3) is 0.316. The summed E-state index contributed by atoms with van der Waals surface area (Å²) in [6, 6.07) is 15.1. The predicted molar refractivity (Wildman–Crippen MR) is 101 cm³/mol. The Kier molecular flexibility index (Phi) is 5.03. The zero-order chi connectivity index (χ0) is 18.9. The first kappa shape index (κ1) is 18.8. The summed E-state index contributed by atoms with van der Waals surface area (Å²) >= 11 is 0. The number of amides is 1. The number of hydrogen-bond acceptors (Lipinski definition) is 4. The van der Waals surface area contributed by atoms with Crippen LogP contribution in [0.5, 0.6) is 0 Å². The van der Waals surface area contributed by atoms with E-state index in [9.17, 15) is 17.4 Å². The van der Waals surface area contributed by atoms with Crippen LogP contribution in [0.3, 0.4) is 0 Å². The van der Waals surface area contributed by atoms with E-state index in [0.717, 1.165) is 9.87 Å². The highest BCUT2D eigenvalue weighted by Gasteiger charge is 2.49. The number of carbonyl (C=O) groups excluding carboxylic acids is 1. The van der Waals surface area contributed by atoms with Gasteiger partial charge in [0.25, 0.3) is 15.9 Å². The average Bonchev–Trinajstić information content (AvgIpc) is 2.64. The third-order valence-corrected chi connectivity index (χ3v) is 8.36. The molecule has 0 aromatic heterocycles. The molecule has 1 heterocycles. The van der Waals surface area contributed by atoms with Crippen LogP contribution in [0.25, 0.3) is 0 Å². The van der Waals surface area contributed by atoms with Gasteiger partial charge in [0.05, 0.1) is 15.7 Å². The van der Waals surface area contributed by atoms with E-state index in [2.05, 4.69) is 0 Å². The van der Waals surface area contributed by atoms with E-state index < -0.39 is 31.5 Å². The third kappa shape index (κ3) is 3.21. The van der Waals surface area contributed by atoms with Crippen LogP contribution in [-0.2, 0) is 25.6 Å². The molecule has 5 nitrogen and oxygen atoms in total. The third-order valence-electron chi connectivity index (χ3n) is 4.67. The summed E-state index contributed by atoms with van der Waals surface area (Å²) in [5.74, 6) is -0.605. The first-order chi connectivity index (χ1) is 12.3. The number of rotatable bonds is 4. The molecule has 0 bridgehead atoms. The molecule has 2 aromatic rings. The van der Waals surface area contributed by atoms with Crippen molar-refractivity contribution in [2.75, 3.05) is 6.54 Å². The van der Waals surface area contributed by atoms with Crippen LogP contribution in [0.2, 0.25) is 0 Å². The molecule has 0 N–H and O–H groups in total. The summed E-state index contributed by atoms with van der Waals surface area (Å²) in [6.45, 7) is 3.56. The first-order valence-electron chi connectivity index (χ1n) is 8.37. The highest BCUT2D eigenvalue weighted by Crippen LogP contribution is 2.34. The lowest BCUT2D eigenvalue weighted by Gasteiger charge is -2.37. The van der Waals surface area contributed by atoms with Gasteiger partial charge in [0.2, 0.25) is 0 Å². The van der Waals surface area contributed by atoms with Crippen LogP contribution in [0.15, 0.2) is 64.4 Å². The van der Waals surface area contributed by atoms with Crippen LogP contribution in [0, 0.1) is 6.92 Å². The van der Waals surface area contributed by atoms with Gasteiger partial charge < -0.3 is 0 Å². The van der Waals surface area contributed by atoms with Gasteiger partial charge in [0, 0.05) is 11.4 Å². The molecule has 1 fully saturated rings. The minimum Gasteiger partial charge on any atom is -0.272 e. The smallest absolute Gasteiger partial charge is 0.266 e. The van der Waals surface area contributed by atoms with Crippen LogP contribution < -0.4 is 0 Å². The maximum atomic E-state index is 13.1. The van der Waals surface area contributed by atoms with Crippen molar-refractivity contribution in [3.05, 3.63) is 60.2 Å². The van der Waals surface area contributed by atoms with E-state index in [0.29, 0.717) is 17.7 Å². The summed E-state index contributed by atoms with van der Waals surface area (Å²) in [4.78, 5) is 13.7. The Balaban J connectivity index is 1.97. The molecule has 3 rings (SSSR count). The van der Waals surface area contributed by atoms with Crippen molar-refractivity contribution in [1.82, 2.24) is 4.31 Å². The fourth-order valence-corrected chi connectivity index (χ4v) is 6.18. The molecule has 1 aliphatic heterocycles. The second-order valence-electron chi connectivity index (χ2n) is 6.61. The van der Waals surface area contributed by atoms with Crippen molar-refractivity contribution in [2.45, 2.75) is 41.2 Å². The van der Waals surface area contributed by atoms with Gasteiger partial charge in [0.1, 0.15) is 4.75 Å². The Morgan fingerprint density at radius 3 is 2.27 bits per heavy atom. The van der Waals surface area contributed by atoms with Crippen molar-refractivity contribution < 1.29 is 17.4 Å². The molecular weight excluding hydrogens is 370 g/mol. The Morgan fingerprint density at radius 1 is 1.04 bits per heavy atom. The minimum atomic E-state index is -3.97. The van der Waals surface area contributed by atoms with Gasteiger partial charge in [-0.25, -0.2) is 12.7 Å². The molecule has 1 saturated heterocycles. The van der Waals surface area contributed by atoms with Gasteiger partial charge in [0.15, 0.2) is 0 Å². The largest absolute Gasteiger partial charge is 0.272 e. The molecular formula is C19H21NO4S2. The van der Waals surface area contributed by atoms with E-state index in [1.165, 1.54) is 12.1 Å². The highest BCUT2D eigenvalue weighted by molar-refractivity contribution is 7.90. The molecule has 0 radical (unpaired) electrons. The second kappa shape index (κ2) is 6.96. The maximum absolute atomic E-state index is 13.1. The summed E-state index contributed by atoms with van der Waals surface area (Å²) in [5.41, 5.74) is 0.934. The van der Waals surface area contributed by atoms with Crippen molar-refractivity contribution in [3.8, 4) is 0 Å². The SMILES string of the molecule is Cc1ccc(S(=O)(=O)N2CCCC(C)(S(=O)c3ccccc3)C2=O)cc1. The van der Waals surface area contributed by atoms with Crippen LogP contribution in [-0.4, -0.2) is 34.1 Å². The lowest BCUT2D eigenvalue weighted by molar-refractivity contribution is -0.130. The average molecular weight is 392 g/mol. The van der Waals surface area contributed by atoms with E-state index in [1.54, 1.807) is 49.4 Å². The number of nitrogens with zero attached hydrogens (tertiary/aromatic N) is 1. The number of carbonyl (C=O) groups is 1. The normalized spacial score (nSPS) is 22.2. The lowest BCUT2D eigenvalue weighted by atomic mass is 10.00. The molecule has 0 spiro atoms. The number of sulfonamides is 1. The van der Waals surface area contributed by atoms with Crippen molar-refractivity contribution >= 4 is 26.7 Å². The van der Waals surface area contributed by atoms with E-state index in [1.807, 2.05) is 6.92 Å². The molecule has 2 atom stereocenters. The van der Waals surface area contributed by atoms with Gasteiger partial charge in [-0.15, -0.1) is 0 Å². The summed E-state index contributed by atoms with van der Waals surface area (Å²) in [6.07, 6.45) is 0.860. The maximum Gasteiger partial charge on any atom is 0.266 e. The van der Waals surface area contributed by atoms with Gasteiger partial charge in [-0.2, -0.15) is 0 Å². The molecule has 1 amide bonds. The van der Waals surface area contributed by atoms with Crippen LogP contribution in [0.4, 0.5) is 0 Å². The molecule has 26 heavy (non-hydrogen) atoms. The summed E-state index contributed by atoms with van der Waals surface area (Å²) < 4.78 is 38.6. The topological polar surface area (TPSA) is 71.5 Å². The highest BCUT2D eigenvalue weighted by atomic mass is 32.2. The molecule has 1 aliphatic rings. The van der Waals surface area contributed by atoms with Crippen molar-refractivity contribution in [3.63, 3.8) is 0 Å². The van der Waals surface area contributed by atoms with Gasteiger partial charge in [-0.1, -0.05) is 35.9 Å². The number of aryl methyl sites for hydroxylation is 1. The Labute approximate surface area is 156 Å². The Morgan fingerprint density at radius 2 is 1.65 bits per heavy atom. The molecule has 138 valence electrons. The lowest BCUT2D eigenvalue weighted by Crippen LogP contribution is -2.55. The summed E-state index contributed by atoms with van der Waals surface area (Å²) in [5, 5.41) is 0. The predicted octanol–water partition coefficient (Wildman–Crippen LogP) is 2.87. The second-order valence-corrected chi connectivity index (χ2v) is 10.4. The first-order valence-corrected chi connectivity index (χ1v) is 11.0. The van der Waals surface area contributed by atoms with Gasteiger partial charge in [-0.3, -0.25) is 9.00 Å². The molecule has 0 aliphatic carbocycles. The molecule has 2 unspecified atom stereocenters. The van der Waals surface area contributed by atoms with Crippen molar-refractivity contribution in [2.24, 2.45) is 0 Å². The number of benzene rings is 2. The standard InChI is InChI=1S/C19H21NO4S2/c1-15-9-11-17(12-10-15)26(23,24)20-14-6-13-19(2,18(20)21)25(22)16-7-4-3-5-8-16/h3-5,7-12H,6,13-14H2,1-2H3. The van der Waals surface area contributed by atoms with E-state index >= 15 is 0 Å². The Bertz CT molecular complexity index is 939. The number of piperidine rings is 1. The quantitative estimate of drug-likeness (QED) is 0.803. The fourth-order valence-electron chi connectivity index (χ4n) is 3.08. The van der Waals surface area contributed by atoms with Gasteiger partial charge >= 0.3 is 0 Å². The molecule has 7 heteroatoms. The zero-order valence-corrected chi connectivity index (χ0v) is 16.3. The Hall–Kier alpha value is -1.99. The van der Waals surface area contributed by atoms with Crippen LogP contribution in [0.1, 0.15) is 25.3 Å². The molecule has 0 saturated carbocycles. The monoisotopic (exact) mass is 391 g/mol.